The molecule has 0 heterocycles. The van der Waals surface area contributed by atoms with Crippen LogP contribution in [0.4, 0.5) is 57.1 Å². The maximum atomic E-state index is 13.1. The summed E-state index contributed by atoms with van der Waals surface area (Å²) in [5.41, 5.74) is 6.08. The van der Waals surface area contributed by atoms with Crippen molar-refractivity contribution in [3.05, 3.63) is 0 Å². The van der Waals surface area contributed by atoms with Gasteiger partial charge in [-0.3, -0.25) is 0 Å². The average Bonchev–Trinajstić information content (AvgIpc) is 2.41. The fourth-order valence-corrected chi connectivity index (χ4v) is 1.38. The van der Waals surface area contributed by atoms with Crippen LogP contribution in [0.2, 0.25) is 0 Å². The first kappa shape index (κ1) is 23.4. The number of nitrogens with zero attached hydrogens (tertiary/aromatic N) is 2. The molecule has 25 heavy (non-hydrogen) atoms. The molecule has 16 heteroatoms. The van der Waals surface area contributed by atoms with Crippen LogP contribution >= 0.6 is 0 Å². The summed E-state index contributed by atoms with van der Waals surface area (Å²) < 4.78 is 165. The topological polar surface area (TPSA) is 50.3 Å². The van der Waals surface area contributed by atoms with Crippen molar-refractivity contribution in [3.8, 4) is 0 Å². The van der Waals surface area contributed by atoms with E-state index in [0.29, 0.717) is 0 Å². The smallest absolute Gasteiger partial charge is 0.200 e. The molecule has 1 N–H and O–H groups in total. The van der Waals surface area contributed by atoms with Crippen molar-refractivity contribution in [2.75, 3.05) is 6.54 Å². The Morgan fingerprint density at radius 2 is 1.04 bits per heavy atom. The third kappa shape index (κ3) is 3.67. The summed E-state index contributed by atoms with van der Waals surface area (Å²) >= 11 is 0. The normalized spacial score (nSPS) is 15.1. The zero-order valence-electron chi connectivity index (χ0n) is 11.4. The van der Waals surface area contributed by atoms with Crippen LogP contribution in [0.25, 0.3) is 0 Å². The van der Waals surface area contributed by atoms with Gasteiger partial charge in [0, 0.05) is 6.42 Å². The molecule has 0 aliphatic heterocycles. The number of alkyl halides is 13. The quantitative estimate of drug-likeness (QED) is 0.255. The zero-order chi connectivity index (χ0) is 20.5. The van der Waals surface area contributed by atoms with Crippen molar-refractivity contribution in [3.63, 3.8) is 0 Å². The van der Waals surface area contributed by atoms with E-state index in [9.17, 15) is 57.1 Å². The van der Waals surface area contributed by atoms with E-state index < -0.39 is 55.2 Å². The third-order valence-corrected chi connectivity index (χ3v) is 2.82. The minimum atomic E-state index is -7.88. The molecule has 0 rings (SSSR count). The molecule has 148 valence electrons. The molecule has 0 fully saturated rings. The van der Waals surface area contributed by atoms with E-state index in [1.165, 1.54) is 0 Å². The van der Waals surface area contributed by atoms with Crippen molar-refractivity contribution >= 4 is 0 Å². The molecule has 0 saturated carbocycles. The highest BCUT2D eigenvalue weighted by atomic mass is 19.4. The molecule has 0 aliphatic carbocycles. The molecule has 0 aromatic heterocycles. The van der Waals surface area contributed by atoms with Gasteiger partial charge in [-0.25, -0.2) is 0 Å². The molecule has 0 amide bonds. The molecule has 0 aromatic rings. The average molecular weight is 404 g/mol. The van der Waals surface area contributed by atoms with E-state index in [4.69, 9.17) is 5.53 Å². The standard InChI is InChI=1S/C9H7F13N3/c10-4(11,2-1-3-24-25-23)5(12,13)6(14,15)7(16,17)8(18,19)9(20,21)22/h23H,1-3H2/q+1. The Hall–Kier alpha value is -1.60. The number of nitrogens with one attached hydrogen (secondary N) is 1. The lowest BCUT2D eigenvalue weighted by atomic mass is 9.92. The van der Waals surface area contributed by atoms with Crippen LogP contribution in [0, 0.1) is 5.53 Å². The first-order valence-corrected chi connectivity index (χ1v) is 5.80. The summed E-state index contributed by atoms with van der Waals surface area (Å²) in [5.74, 6) is -36.7. The van der Waals surface area contributed by atoms with E-state index >= 15 is 0 Å². The Labute approximate surface area is 129 Å². The molecule has 0 saturated heterocycles. The zero-order valence-corrected chi connectivity index (χ0v) is 11.4. The molecule has 0 aliphatic rings. The lowest BCUT2D eigenvalue weighted by Gasteiger charge is -2.39. The van der Waals surface area contributed by atoms with Gasteiger partial charge >= 0.3 is 35.8 Å². The van der Waals surface area contributed by atoms with Crippen LogP contribution in [-0.4, -0.2) is 42.3 Å². The molecule has 0 radical (unpaired) electrons. The second kappa shape index (κ2) is 6.61. The largest absolute Gasteiger partial charge is 0.460 e. The molecule has 0 unspecified atom stereocenters. The molecule has 0 spiro atoms. The predicted octanol–water partition coefficient (Wildman–Crippen LogP) is 5.06. The highest BCUT2D eigenvalue weighted by Gasteiger charge is 2.90. The summed E-state index contributed by atoms with van der Waals surface area (Å²) in [6.07, 6.45) is -11.0. The number of hydrogen-bond acceptors (Lipinski definition) is 2. The van der Waals surface area contributed by atoms with Crippen LogP contribution in [0.1, 0.15) is 12.8 Å². The summed E-state index contributed by atoms with van der Waals surface area (Å²) in [5, 5.41) is 2.65. The molecular weight excluding hydrogens is 397 g/mol. The van der Waals surface area contributed by atoms with Gasteiger partial charge in [-0.15, -0.1) is 0 Å². The van der Waals surface area contributed by atoms with Crippen LogP contribution < -0.4 is 4.91 Å². The number of hydrogen-bond donors (Lipinski definition) is 1. The SMILES string of the molecule is N=[N+]=NCCCC(F)(F)C(F)(F)C(F)(F)C(F)(F)C(F)(F)C(F)(F)F. The first-order valence-electron chi connectivity index (χ1n) is 5.80. The fraction of sp³-hybridized carbons (Fsp3) is 1.00. The predicted molar refractivity (Wildman–Crippen MR) is 52.2 cm³/mol. The van der Waals surface area contributed by atoms with Gasteiger partial charge in [0.05, 0.1) is 0 Å². The van der Waals surface area contributed by atoms with Gasteiger partial charge < -0.3 is 0 Å². The van der Waals surface area contributed by atoms with Crippen molar-refractivity contribution in [1.29, 1.82) is 5.53 Å². The maximum absolute atomic E-state index is 13.1. The third-order valence-electron chi connectivity index (χ3n) is 2.82. The summed E-state index contributed by atoms with van der Waals surface area (Å²) in [7, 11) is 0. The van der Waals surface area contributed by atoms with Crippen molar-refractivity contribution in [2.45, 2.75) is 48.6 Å². The summed E-state index contributed by atoms with van der Waals surface area (Å²) in [6, 6.07) is 0. The van der Waals surface area contributed by atoms with Crippen LogP contribution in [0.15, 0.2) is 5.11 Å². The Bertz CT molecular complexity index is 517. The minimum Gasteiger partial charge on any atom is -0.200 e. The van der Waals surface area contributed by atoms with Gasteiger partial charge in [0.1, 0.15) is 17.2 Å². The molecule has 0 aromatic carbocycles. The van der Waals surface area contributed by atoms with E-state index in [2.05, 4.69) is 10.0 Å². The molecule has 0 atom stereocenters. The second-order valence-corrected chi connectivity index (χ2v) is 4.57. The summed E-state index contributed by atoms with van der Waals surface area (Å²) in [6.45, 7) is -0.921. The highest BCUT2D eigenvalue weighted by molar-refractivity contribution is 5.10. The Morgan fingerprint density at radius 1 is 0.640 bits per heavy atom. The second-order valence-electron chi connectivity index (χ2n) is 4.57. The lowest BCUT2D eigenvalue weighted by Crippen LogP contribution is -2.70. The van der Waals surface area contributed by atoms with Crippen LogP contribution in [0.5, 0.6) is 0 Å². The number of halogens is 13. The van der Waals surface area contributed by atoms with Gasteiger partial charge in [0.2, 0.25) is 4.91 Å². The van der Waals surface area contributed by atoms with Gasteiger partial charge in [-0.05, 0) is 6.42 Å². The van der Waals surface area contributed by atoms with E-state index in [0.717, 1.165) is 0 Å². The minimum absolute atomic E-state index is 0.921. The van der Waals surface area contributed by atoms with E-state index in [1.54, 1.807) is 0 Å². The maximum Gasteiger partial charge on any atom is 0.460 e. The monoisotopic (exact) mass is 404 g/mol. The Balaban J connectivity index is 5.90. The molecule has 0 bridgehead atoms. The van der Waals surface area contributed by atoms with E-state index in [1.807, 2.05) is 0 Å². The first-order chi connectivity index (χ1) is 10.8. The van der Waals surface area contributed by atoms with Crippen LogP contribution in [-0.2, 0) is 0 Å². The molecule has 3 nitrogen and oxygen atoms in total. The number of rotatable bonds is 8. The Morgan fingerprint density at radius 3 is 1.40 bits per heavy atom. The summed E-state index contributed by atoms with van der Waals surface area (Å²) in [4.78, 5) is 2.22. The Kier molecular flexibility index (Phi) is 6.19. The molecular formula is C9H7F13N3+. The van der Waals surface area contributed by atoms with Crippen molar-refractivity contribution < 1.29 is 57.1 Å². The van der Waals surface area contributed by atoms with Gasteiger partial charge in [0.15, 0.2) is 0 Å². The van der Waals surface area contributed by atoms with Crippen LogP contribution in [0.3, 0.4) is 0 Å². The van der Waals surface area contributed by atoms with Gasteiger partial charge in [-0.2, -0.15) is 57.1 Å². The highest BCUT2D eigenvalue weighted by Crippen LogP contribution is 2.60. The van der Waals surface area contributed by atoms with Crippen molar-refractivity contribution in [2.24, 2.45) is 5.11 Å². The van der Waals surface area contributed by atoms with E-state index in [-0.39, 0.29) is 0 Å². The van der Waals surface area contributed by atoms with Gasteiger partial charge in [-0.1, -0.05) is 0 Å². The lowest BCUT2D eigenvalue weighted by molar-refractivity contribution is -0.440. The fourth-order valence-electron chi connectivity index (χ4n) is 1.38. The van der Waals surface area contributed by atoms with Gasteiger partial charge in [0.25, 0.3) is 0 Å². The van der Waals surface area contributed by atoms with Crippen molar-refractivity contribution in [1.82, 2.24) is 4.91 Å².